The molecule has 2 aromatic rings. The van der Waals surface area contributed by atoms with E-state index in [1.807, 2.05) is 13.2 Å². The molecule has 0 bridgehead atoms. The first-order chi connectivity index (χ1) is 8.65. The number of nitro groups is 1. The number of nitrogens with zero attached hydrogens (tertiary/aromatic N) is 4. The van der Waals surface area contributed by atoms with Gasteiger partial charge in [0.2, 0.25) is 0 Å². The van der Waals surface area contributed by atoms with E-state index in [0.29, 0.717) is 12.4 Å². The van der Waals surface area contributed by atoms with Crippen LogP contribution < -0.4 is 5.32 Å². The summed E-state index contributed by atoms with van der Waals surface area (Å²) in [5, 5.41) is 17.7. The number of aryl methyl sites for hydroxylation is 1. The highest BCUT2D eigenvalue weighted by Gasteiger charge is 2.06. The Bertz CT molecular complexity index is 552. The minimum absolute atomic E-state index is 0.0360. The van der Waals surface area contributed by atoms with E-state index in [2.05, 4.69) is 15.4 Å². The molecule has 94 valence electrons. The molecule has 2 rings (SSSR count). The molecule has 2 heterocycles. The summed E-state index contributed by atoms with van der Waals surface area (Å²) in [5.74, 6) is 0.507. The molecule has 2 aromatic heterocycles. The summed E-state index contributed by atoms with van der Waals surface area (Å²) in [4.78, 5) is 14.2. The Morgan fingerprint density at radius 3 is 3.06 bits per heavy atom. The molecule has 0 atom stereocenters. The van der Waals surface area contributed by atoms with E-state index in [0.717, 1.165) is 12.0 Å². The van der Waals surface area contributed by atoms with Crippen LogP contribution in [0, 0.1) is 10.1 Å². The number of anilines is 1. The van der Waals surface area contributed by atoms with Crippen LogP contribution in [0.5, 0.6) is 0 Å². The summed E-state index contributed by atoms with van der Waals surface area (Å²) in [6.45, 7) is 0.653. The Hall–Kier alpha value is -2.44. The first-order valence-corrected chi connectivity index (χ1v) is 5.47. The lowest BCUT2D eigenvalue weighted by Gasteiger charge is -2.03. The fraction of sp³-hybridized carbons (Fsp3) is 0.273. The van der Waals surface area contributed by atoms with E-state index in [9.17, 15) is 10.1 Å². The Morgan fingerprint density at radius 2 is 2.39 bits per heavy atom. The van der Waals surface area contributed by atoms with Gasteiger partial charge in [-0.15, -0.1) is 0 Å². The van der Waals surface area contributed by atoms with Crippen molar-refractivity contribution in [2.45, 2.75) is 6.42 Å². The van der Waals surface area contributed by atoms with Gasteiger partial charge in [-0.25, -0.2) is 4.98 Å². The monoisotopic (exact) mass is 247 g/mol. The van der Waals surface area contributed by atoms with E-state index < -0.39 is 4.92 Å². The van der Waals surface area contributed by atoms with Crippen LogP contribution in [-0.2, 0) is 13.5 Å². The summed E-state index contributed by atoms with van der Waals surface area (Å²) in [6, 6.07) is 2.79. The topological polar surface area (TPSA) is 85.9 Å². The first-order valence-electron chi connectivity index (χ1n) is 5.47. The average molecular weight is 247 g/mol. The van der Waals surface area contributed by atoms with Crippen LogP contribution in [0.4, 0.5) is 11.5 Å². The Balaban J connectivity index is 1.90. The zero-order valence-corrected chi connectivity index (χ0v) is 9.91. The van der Waals surface area contributed by atoms with Gasteiger partial charge in [-0.2, -0.15) is 5.10 Å². The zero-order chi connectivity index (χ0) is 13.0. The maximum atomic E-state index is 10.6. The van der Waals surface area contributed by atoms with Gasteiger partial charge in [0.05, 0.1) is 17.2 Å². The third-order valence-electron chi connectivity index (χ3n) is 2.43. The highest BCUT2D eigenvalue weighted by atomic mass is 16.6. The minimum Gasteiger partial charge on any atom is -0.370 e. The third-order valence-corrected chi connectivity index (χ3v) is 2.43. The second-order valence-electron chi connectivity index (χ2n) is 3.86. The fourth-order valence-electron chi connectivity index (χ4n) is 1.57. The maximum Gasteiger partial charge on any atom is 0.274 e. The quantitative estimate of drug-likeness (QED) is 0.637. The van der Waals surface area contributed by atoms with Gasteiger partial charge in [-0.1, -0.05) is 0 Å². The fourth-order valence-corrected chi connectivity index (χ4v) is 1.57. The van der Waals surface area contributed by atoms with Crippen molar-refractivity contribution in [1.29, 1.82) is 0 Å². The molecule has 0 aliphatic rings. The molecule has 0 amide bonds. The number of aromatic nitrogens is 3. The third kappa shape index (κ3) is 3.03. The van der Waals surface area contributed by atoms with E-state index in [4.69, 9.17) is 0 Å². The van der Waals surface area contributed by atoms with Gasteiger partial charge in [-0.3, -0.25) is 14.8 Å². The number of hydrogen-bond donors (Lipinski definition) is 1. The van der Waals surface area contributed by atoms with Crippen molar-refractivity contribution < 1.29 is 4.92 Å². The lowest BCUT2D eigenvalue weighted by molar-refractivity contribution is -0.384. The van der Waals surface area contributed by atoms with Crippen molar-refractivity contribution in [3.8, 4) is 0 Å². The summed E-state index contributed by atoms with van der Waals surface area (Å²) in [5.41, 5.74) is 1.14. The number of rotatable bonds is 5. The summed E-state index contributed by atoms with van der Waals surface area (Å²) in [6.07, 6.45) is 5.94. The Morgan fingerprint density at radius 1 is 1.56 bits per heavy atom. The second-order valence-corrected chi connectivity index (χ2v) is 3.86. The molecule has 0 radical (unpaired) electrons. The van der Waals surface area contributed by atoms with Gasteiger partial charge in [0.15, 0.2) is 0 Å². The predicted molar refractivity (Wildman–Crippen MR) is 66.3 cm³/mol. The summed E-state index contributed by atoms with van der Waals surface area (Å²) in [7, 11) is 1.86. The molecule has 0 spiro atoms. The molecular weight excluding hydrogens is 234 g/mol. The second kappa shape index (κ2) is 5.26. The standard InChI is InChI=1S/C11H13N5O2/c1-15-8-9(7-14-15)2-4-12-11-6-10(16(17)18)3-5-13-11/h3,5-8H,2,4H2,1H3,(H,12,13). The van der Waals surface area contributed by atoms with Gasteiger partial charge in [-0.05, 0) is 12.0 Å². The molecule has 7 nitrogen and oxygen atoms in total. The normalized spacial score (nSPS) is 10.3. The molecule has 0 saturated heterocycles. The molecule has 7 heteroatoms. The zero-order valence-electron chi connectivity index (χ0n) is 9.91. The molecule has 1 N–H and O–H groups in total. The van der Waals surface area contributed by atoms with Crippen molar-refractivity contribution in [1.82, 2.24) is 14.8 Å². The first kappa shape index (κ1) is 12.0. The average Bonchev–Trinajstić information content (AvgIpc) is 2.75. The van der Waals surface area contributed by atoms with Crippen molar-refractivity contribution in [2.75, 3.05) is 11.9 Å². The number of pyridine rings is 1. The minimum atomic E-state index is -0.437. The number of nitrogens with one attached hydrogen (secondary N) is 1. The SMILES string of the molecule is Cn1cc(CCNc2cc([N+](=O)[O-])ccn2)cn1. The highest BCUT2D eigenvalue weighted by Crippen LogP contribution is 2.13. The molecule has 0 aromatic carbocycles. The van der Waals surface area contributed by atoms with Crippen molar-refractivity contribution in [3.63, 3.8) is 0 Å². The molecule has 0 unspecified atom stereocenters. The van der Waals surface area contributed by atoms with Gasteiger partial charge in [0, 0.05) is 32.1 Å². The van der Waals surface area contributed by atoms with Crippen LogP contribution in [0.15, 0.2) is 30.7 Å². The molecule has 0 aliphatic carbocycles. The molecule has 0 aliphatic heterocycles. The van der Waals surface area contributed by atoms with Gasteiger partial charge >= 0.3 is 0 Å². The molecule has 18 heavy (non-hydrogen) atoms. The van der Waals surface area contributed by atoms with Crippen LogP contribution in [0.2, 0.25) is 0 Å². The largest absolute Gasteiger partial charge is 0.370 e. The summed E-state index contributed by atoms with van der Waals surface area (Å²) < 4.78 is 1.74. The van der Waals surface area contributed by atoms with Crippen molar-refractivity contribution >= 4 is 11.5 Å². The maximum absolute atomic E-state index is 10.6. The Labute approximate surface area is 104 Å². The van der Waals surface area contributed by atoms with Gasteiger partial charge in [0.1, 0.15) is 5.82 Å². The smallest absolute Gasteiger partial charge is 0.274 e. The van der Waals surface area contributed by atoms with E-state index in [-0.39, 0.29) is 5.69 Å². The van der Waals surface area contributed by atoms with Crippen molar-refractivity contribution in [3.05, 3.63) is 46.4 Å². The van der Waals surface area contributed by atoms with Crippen LogP contribution in [0.25, 0.3) is 0 Å². The lowest BCUT2D eigenvalue weighted by Crippen LogP contribution is -2.06. The van der Waals surface area contributed by atoms with Crippen LogP contribution in [0.3, 0.4) is 0 Å². The van der Waals surface area contributed by atoms with Gasteiger partial charge < -0.3 is 5.32 Å². The lowest BCUT2D eigenvalue weighted by atomic mass is 10.2. The Kier molecular flexibility index (Phi) is 3.52. The van der Waals surface area contributed by atoms with E-state index in [1.165, 1.54) is 18.3 Å². The molecular formula is C11H13N5O2. The van der Waals surface area contributed by atoms with Crippen LogP contribution in [0.1, 0.15) is 5.56 Å². The van der Waals surface area contributed by atoms with Crippen molar-refractivity contribution in [2.24, 2.45) is 7.05 Å². The molecule has 0 fully saturated rings. The van der Waals surface area contributed by atoms with E-state index >= 15 is 0 Å². The van der Waals surface area contributed by atoms with E-state index in [1.54, 1.807) is 10.9 Å². The predicted octanol–water partition coefficient (Wildman–Crippen LogP) is 1.38. The molecule has 0 saturated carbocycles. The van der Waals surface area contributed by atoms with Crippen LogP contribution in [-0.4, -0.2) is 26.2 Å². The highest BCUT2D eigenvalue weighted by molar-refractivity contribution is 5.44. The van der Waals surface area contributed by atoms with Crippen LogP contribution >= 0.6 is 0 Å². The summed E-state index contributed by atoms with van der Waals surface area (Å²) >= 11 is 0. The number of hydrogen-bond acceptors (Lipinski definition) is 5. The van der Waals surface area contributed by atoms with Gasteiger partial charge in [0.25, 0.3) is 5.69 Å².